The zero-order chi connectivity index (χ0) is 14.1. The summed E-state index contributed by atoms with van der Waals surface area (Å²) in [6.45, 7) is 0.486. The summed E-state index contributed by atoms with van der Waals surface area (Å²) < 4.78 is 1.66. The first kappa shape index (κ1) is 12.6. The highest BCUT2D eigenvalue weighted by Crippen LogP contribution is 2.17. The van der Waals surface area contributed by atoms with Crippen LogP contribution in [-0.4, -0.2) is 26.1 Å². The van der Waals surface area contributed by atoms with Crippen LogP contribution in [0.15, 0.2) is 42.5 Å². The fraction of sp³-hybridized carbons (Fsp3) is 0.0714. The Hall–Kier alpha value is -2.40. The van der Waals surface area contributed by atoms with Crippen LogP contribution in [0.4, 0.5) is 0 Å². The summed E-state index contributed by atoms with van der Waals surface area (Å²) in [4.78, 5) is 11.0. The molecule has 1 N–H and O–H groups in total. The Morgan fingerprint density at radius 3 is 2.85 bits per heavy atom. The van der Waals surface area contributed by atoms with E-state index in [2.05, 4.69) is 10.3 Å². The lowest BCUT2D eigenvalue weighted by Crippen LogP contribution is -2.03. The Balaban J connectivity index is 2.03. The van der Waals surface area contributed by atoms with Gasteiger partial charge in [-0.15, -0.1) is 5.10 Å². The number of fused-ring (bicyclic) bond motifs is 1. The second kappa shape index (κ2) is 4.94. The monoisotopic (exact) mass is 287 g/mol. The van der Waals surface area contributed by atoms with E-state index < -0.39 is 5.97 Å². The second-order valence-electron chi connectivity index (χ2n) is 4.39. The van der Waals surface area contributed by atoms with Crippen molar-refractivity contribution in [2.45, 2.75) is 6.54 Å². The summed E-state index contributed by atoms with van der Waals surface area (Å²) in [5.74, 6) is -0.970. The van der Waals surface area contributed by atoms with Crippen LogP contribution in [0.1, 0.15) is 15.9 Å². The van der Waals surface area contributed by atoms with Gasteiger partial charge >= 0.3 is 5.97 Å². The highest BCUT2D eigenvalue weighted by atomic mass is 35.5. The van der Waals surface area contributed by atoms with Gasteiger partial charge in [-0.1, -0.05) is 28.9 Å². The minimum atomic E-state index is -0.970. The standard InChI is InChI=1S/C14H10ClN3O2/c15-11-3-1-2-9(6-11)8-18-13-7-10(14(19)20)4-5-12(13)16-17-18/h1-7H,8H2,(H,19,20). The van der Waals surface area contributed by atoms with Crippen molar-refractivity contribution >= 4 is 28.6 Å². The Kier molecular flexibility index (Phi) is 3.12. The first-order valence-electron chi connectivity index (χ1n) is 5.94. The van der Waals surface area contributed by atoms with Gasteiger partial charge in [0.05, 0.1) is 17.6 Å². The van der Waals surface area contributed by atoms with Crippen molar-refractivity contribution in [1.29, 1.82) is 0 Å². The smallest absolute Gasteiger partial charge is 0.335 e. The molecular weight excluding hydrogens is 278 g/mol. The number of benzene rings is 2. The number of carboxylic acids is 1. The van der Waals surface area contributed by atoms with E-state index in [1.807, 2.05) is 18.2 Å². The molecule has 0 spiro atoms. The minimum absolute atomic E-state index is 0.215. The van der Waals surface area contributed by atoms with Crippen molar-refractivity contribution in [2.24, 2.45) is 0 Å². The van der Waals surface area contributed by atoms with Gasteiger partial charge in [-0.05, 0) is 35.9 Å². The summed E-state index contributed by atoms with van der Waals surface area (Å²) in [6.07, 6.45) is 0. The van der Waals surface area contributed by atoms with E-state index >= 15 is 0 Å². The number of hydrogen-bond donors (Lipinski definition) is 1. The summed E-state index contributed by atoms with van der Waals surface area (Å²) in [5.41, 5.74) is 2.54. The average Bonchev–Trinajstić information content (AvgIpc) is 2.81. The lowest BCUT2D eigenvalue weighted by Gasteiger charge is -2.03. The molecular formula is C14H10ClN3O2. The third-order valence-corrected chi connectivity index (χ3v) is 3.22. The predicted molar refractivity (Wildman–Crippen MR) is 75.0 cm³/mol. The van der Waals surface area contributed by atoms with Crippen molar-refractivity contribution in [1.82, 2.24) is 15.0 Å². The van der Waals surface area contributed by atoms with Gasteiger partial charge < -0.3 is 5.11 Å². The van der Waals surface area contributed by atoms with Crippen LogP contribution in [-0.2, 0) is 6.54 Å². The normalized spacial score (nSPS) is 10.8. The molecule has 0 atom stereocenters. The first-order valence-corrected chi connectivity index (χ1v) is 6.32. The van der Waals surface area contributed by atoms with Crippen molar-refractivity contribution in [2.75, 3.05) is 0 Å². The van der Waals surface area contributed by atoms with Crippen molar-refractivity contribution < 1.29 is 9.90 Å². The van der Waals surface area contributed by atoms with Gasteiger partial charge in [0.25, 0.3) is 0 Å². The van der Waals surface area contributed by atoms with Gasteiger partial charge in [0.1, 0.15) is 5.52 Å². The molecule has 1 aromatic heterocycles. The molecule has 0 aliphatic carbocycles. The predicted octanol–water partition coefficient (Wildman–Crippen LogP) is 2.83. The van der Waals surface area contributed by atoms with Crippen LogP contribution in [0.2, 0.25) is 5.02 Å². The molecule has 3 aromatic rings. The molecule has 6 heteroatoms. The quantitative estimate of drug-likeness (QED) is 0.804. The average molecular weight is 288 g/mol. The number of rotatable bonds is 3. The number of carbonyl (C=O) groups is 1. The fourth-order valence-corrected chi connectivity index (χ4v) is 2.24. The van der Waals surface area contributed by atoms with Gasteiger partial charge in [-0.2, -0.15) is 0 Å². The van der Waals surface area contributed by atoms with E-state index in [1.54, 1.807) is 22.9 Å². The summed E-state index contributed by atoms with van der Waals surface area (Å²) in [5, 5.41) is 17.8. The van der Waals surface area contributed by atoms with E-state index in [-0.39, 0.29) is 5.56 Å². The molecule has 0 aliphatic rings. The number of carboxylic acid groups (broad SMARTS) is 1. The third-order valence-electron chi connectivity index (χ3n) is 2.98. The van der Waals surface area contributed by atoms with Gasteiger partial charge in [0.2, 0.25) is 0 Å². The molecule has 3 rings (SSSR count). The Morgan fingerprint density at radius 1 is 1.25 bits per heavy atom. The van der Waals surface area contributed by atoms with E-state index in [4.69, 9.17) is 16.7 Å². The summed E-state index contributed by atoms with van der Waals surface area (Å²) in [7, 11) is 0. The van der Waals surface area contributed by atoms with Gasteiger partial charge in [0, 0.05) is 5.02 Å². The molecule has 1 heterocycles. The topological polar surface area (TPSA) is 68.0 Å². The molecule has 0 aliphatic heterocycles. The SMILES string of the molecule is O=C(O)c1ccc2nnn(Cc3cccc(Cl)c3)c2c1. The molecule has 20 heavy (non-hydrogen) atoms. The second-order valence-corrected chi connectivity index (χ2v) is 4.82. The molecule has 0 amide bonds. The molecule has 0 saturated carbocycles. The molecule has 5 nitrogen and oxygen atoms in total. The lowest BCUT2D eigenvalue weighted by atomic mass is 10.2. The van der Waals surface area contributed by atoms with E-state index in [0.717, 1.165) is 5.56 Å². The largest absolute Gasteiger partial charge is 0.478 e. The third kappa shape index (κ3) is 2.35. The lowest BCUT2D eigenvalue weighted by molar-refractivity contribution is 0.0697. The minimum Gasteiger partial charge on any atom is -0.478 e. The van der Waals surface area contributed by atoms with Gasteiger partial charge in [-0.3, -0.25) is 0 Å². The highest BCUT2D eigenvalue weighted by Gasteiger charge is 2.09. The van der Waals surface area contributed by atoms with Crippen molar-refractivity contribution in [3.63, 3.8) is 0 Å². The van der Waals surface area contributed by atoms with Crippen molar-refractivity contribution in [3.8, 4) is 0 Å². The molecule has 0 saturated heterocycles. The maximum absolute atomic E-state index is 11.0. The Bertz CT molecular complexity index is 798. The zero-order valence-electron chi connectivity index (χ0n) is 10.3. The molecule has 2 aromatic carbocycles. The maximum atomic E-state index is 11.0. The number of hydrogen-bond acceptors (Lipinski definition) is 3. The highest BCUT2D eigenvalue weighted by molar-refractivity contribution is 6.30. The van der Waals surface area contributed by atoms with Gasteiger partial charge in [0.15, 0.2) is 0 Å². The fourth-order valence-electron chi connectivity index (χ4n) is 2.02. The number of aromatic nitrogens is 3. The van der Waals surface area contributed by atoms with Crippen molar-refractivity contribution in [3.05, 3.63) is 58.6 Å². The molecule has 0 fully saturated rings. The van der Waals surface area contributed by atoms with E-state index in [1.165, 1.54) is 6.07 Å². The summed E-state index contributed by atoms with van der Waals surface area (Å²) >= 11 is 5.95. The Morgan fingerprint density at radius 2 is 2.10 bits per heavy atom. The zero-order valence-corrected chi connectivity index (χ0v) is 11.1. The maximum Gasteiger partial charge on any atom is 0.335 e. The molecule has 100 valence electrons. The van der Waals surface area contributed by atoms with Crippen LogP contribution < -0.4 is 0 Å². The summed E-state index contributed by atoms with van der Waals surface area (Å²) in [6, 6.07) is 12.2. The number of aromatic carboxylic acids is 1. The molecule has 0 radical (unpaired) electrons. The van der Waals surface area contributed by atoms with Crippen LogP contribution in [0.5, 0.6) is 0 Å². The number of nitrogens with zero attached hydrogens (tertiary/aromatic N) is 3. The van der Waals surface area contributed by atoms with E-state index in [0.29, 0.717) is 22.6 Å². The van der Waals surface area contributed by atoms with E-state index in [9.17, 15) is 4.79 Å². The van der Waals surface area contributed by atoms with Crippen LogP contribution in [0.3, 0.4) is 0 Å². The molecule has 0 unspecified atom stereocenters. The number of halogens is 1. The van der Waals surface area contributed by atoms with Crippen LogP contribution >= 0.6 is 11.6 Å². The Labute approximate surface area is 119 Å². The van der Waals surface area contributed by atoms with Crippen LogP contribution in [0, 0.1) is 0 Å². The first-order chi connectivity index (χ1) is 9.63. The molecule has 0 bridgehead atoms. The van der Waals surface area contributed by atoms with Gasteiger partial charge in [-0.25, -0.2) is 9.48 Å². The van der Waals surface area contributed by atoms with Crippen LogP contribution in [0.25, 0.3) is 11.0 Å².